The third-order valence-electron chi connectivity index (χ3n) is 4.48. The summed E-state index contributed by atoms with van der Waals surface area (Å²) < 4.78 is 0.938. The van der Waals surface area contributed by atoms with Gasteiger partial charge in [0.1, 0.15) is 0 Å². The Bertz CT molecular complexity index is 539. The molecule has 0 spiro atoms. The molecule has 1 aromatic carbocycles. The van der Waals surface area contributed by atoms with Crippen molar-refractivity contribution in [1.29, 1.82) is 0 Å². The summed E-state index contributed by atoms with van der Waals surface area (Å²) >= 11 is 7.44. The quantitative estimate of drug-likeness (QED) is 0.582. The first-order chi connectivity index (χ1) is 9.98. The molecule has 1 aliphatic rings. The largest absolute Gasteiger partial charge is 0.391 e. The van der Waals surface area contributed by atoms with Gasteiger partial charge in [0.05, 0.1) is 16.1 Å². The van der Waals surface area contributed by atoms with Crippen LogP contribution in [0, 0.1) is 9.49 Å². The Labute approximate surface area is 145 Å². The van der Waals surface area contributed by atoms with E-state index in [-0.39, 0.29) is 5.91 Å². The molecule has 2 rings (SSSR count). The van der Waals surface area contributed by atoms with Crippen LogP contribution in [0.15, 0.2) is 24.3 Å². The van der Waals surface area contributed by atoms with E-state index in [2.05, 4.69) is 34.8 Å². The van der Waals surface area contributed by atoms with Crippen molar-refractivity contribution in [2.45, 2.75) is 44.6 Å². The van der Waals surface area contributed by atoms with E-state index in [1.165, 1.54) is 6.42 Å². The van der Waals surface area contributed by atoms with E-state index in [9.17, 15) is 4.79 Å². The lowest BCUT2D eigenvalue weighted by Gasteiger charge is -2.40. The number of rotatable bonds is 4. The first-order valence-corrected chi connectivity index (χ1v) is 8.84. The van der Waals surface area contributed by atoms with Gasteiger partial charge < -0.3 is 11.1 Å². The van der Waals surface area contributed by atoms with Gasteiger partial charge in [0.25, 0.3) is 5.91 Å². The number of carbonyl (C=O) groups excluding carboxylic acids is 1. The maximum absolute atomic E-state index is 12.6. The molecule has 3 N–H and O–H groups in total. The predicted molar refractivity (Wildman–Crippen MR) is 98.4 cm³/mol. The number of nitrogens with two attached hydrogens (primary N) is 1. The van der Waals surface area contributed by atoms with Crippen LogP contribution in [-0.4, -0.2) is 16.4 Å². The maximum atomic E-state index is 12.6. The molecule has 5 heteroatoms. The van der Waals surface area contributed by atoms with Gasteiger partial charge in [-0.1, -0.05) is 37.7 Å². The lowest BCUT2D eigenvalue weighted by atomic mass is 9.75. The van der Waals surface area contributed by atoms with Gasteiger partial charge in [-0.25, -0.2) is 0 Å². The molecule has 114 valence electrons. The highest BCUT2D eigenvalue weighted by molar-refractivity contribution is 14.1. The lowest BCUT2D eigenvalue weighted by molar-refractivity contribution is 0.0897. The van der Waals surface area contributed by atoms with Crippen LogP contribution in [-0.2, 0) is 0 Å². The molecule has 1 saturated carbocycles. The Morgan fingerprint density at radius 3 is 2.57 bits per heavy atom. The van der Waals surface area contributed by atoms with Crippen LogP contribution in [0.4, 0.5) is 0 Å². The van der Waals surface area contributed by atoms with Crippen LogP contribution >= 0.6 is 34.8 Å². The summed E-state index contributed by atoms with van der Waals surface area (Å²) in [4.78, 5) is 13.0. The number of amides is 1. The molecule has 0 bridgehead atoms. The van der Waals surface area contributed by atoms with Crippen LogP contribution < -0.4 is 11.1 Å². The topological polar surface area (TPSA) is 55.1 Å². The van der Waals surface area contributed by atoms with Crippen molar-refractivity contribution < 1.29 is 4.79 Å². The van der Waals surface area contributed by atoms with Gasteiger partial charge in [-0.2, -0.15) is 0 Å². The Morgan fingerprint density at radius 2 is 2.05 bits per heavy atom. The summed E-state index contributed by atoms with van der Waals surface area (Å²) in [6, 6.07) is 7.56. The minimum Gasteiger partial charge on any atom is -0.391 e. The maximum Gasteiger partial charge on any atom is 0.253 e. The highest BCUT2D eigenvalue weighted by Gasteiger charge is 2.39. The second kappa shape index (κ2) is 7.05. The first kappa shape index (κ1) is 16.7. The molecule has 0 unspecified atom stereocenters. The van der Waals surface area contributed by atoms with Gasteiger partial charge in [-0.15, -0.1) is 0 Å². The van der Waals surface area contributed by atoms with Crippen LogP contribution in [0.25, 0.3) is 0 Å². The number of halogens is 1. The van der Waals surface area contributed by atoms with E-state index >= 15 is 0 Å². The molecule has 0 aliphatic heterocycles. The minimum atomic E-state index is -0.517. The standard InChI is InChI=1S/C16H21IN2OS/c1-2-11-7-9-16(10-8-11,15(18)21)19-14(20)12-5-3-4-6-13(12)17/h3-6,11H,2,7-10H2,1H3,(H2,18,21)(H,19,20). The number of nitrogens with one attached hydrogen (secondary N) is 1. The molecule has 1 aliphatic carbocycles. The van der Waals surface area contributed by atoms with Crippen molar-refractivity contribution in [3.05, 3.63) is 33.4 Å². The summed E-state index contributed by atoms with van der Waals surface area (Å²) in [5.41, 5.74) is 6.14. The normalized spacial score (nSPS) is 25.3. The molecule has 0 radical (unpaired) electrons. The third-order valence-corrected chi connectivity index (χ3v) is 5.81. The van der Waals surface area contributed by atoms with Crippen LogP contribution in [0.3, 0.4) is 0 Å². The van der Waals surface area contributed by atoms with E-state index < -0.39 is 5.54 Å². The van der Waals surface area contributed by atoms with Crippen molar-refractivity contribution in [2.75, 3.05) is 0 Å². The summed E-state index contributed by atoms with van der Waals surface area (Å²) in [7, 11) is 0. The zero-order valence-corrected chi connectivity index (χ0v) is 15.2. The van der Waals surface area contributed by atoms with Crippen molar-refractivity contribution in [1.82, 2.24) is 5.32 Å². The predicted octanol–water partition coefficient (Wildman–Crippen LogP) is 3.65. The number of hydrogen-bond acceptors (Lipinski definition) is 2. The Morgan fingerprint density at radius 1 is 1.43 bits per heavy atom. The zero-order chi connectivity index (χ0) is 15.5. The van der Waals surface area contributed by atoms with E-state index in [1.807, 2.05) is 24.3 Å². The molecule has 0 aromatic heterocycles. The van der Waals surface area contributed by atoms with E-state index in [0.717, 1.165) is 35.2 Å². The van der Waals surface area contributed by atoms with Gasteiger partial charge in [0, 0.05) is 3.57 Å². The number of carbonyl (C=O) groups is 1. The molecule has 0 heterocycles. The highest BCUT2D eigenvalue weighted by atomic mass is 127. The fraction of sp³-hybridized carbons (Fsp3) is 0.500. The summed E-state index contributed by atoms with van der Waals surface area (Å²) in [5.74, 6) is 0.643. The number of benzene rings is 1. The third kappa shape index (κ3) is 3.74. The average molecular weight is 416 g/mol. The molecular formula is C16H21IN2OS. The van der Waals surface area contributed by atoms with Crippen LogP contribution in [0.5, 0.6) is 0 Å². The molecule has 21 heavy (non-hydrogen) atoms. The second-order valence-electron chi connectivity index (χ2n) is 5.73. The summed E-state index contributed by atoms with van der Waals surface area (Å²) in [6.07, 6.45) is 5.00. The van der Waals surface area contributed by atoms with Crippen molar-refractivity contribution in [2.24, 2.45) is 11.7 Å². The average Bonchev–Trinajstić information content (AvgIpc) is 2.48. The Kier molecular flexibility index (Phi) is 5.60. The smallest absolute Gasteiger partial charge is 0.253 e. The summed E-state index contributed by atoms with van der Waals surface area (Å²) in [6.45, 7) is 2.21. The molecule has 0 saturated heterocycles. The highest BCUT2D eigenvalue weighted by Crippen LogP contribution is 2.34. The lowest BCUT2D eigenvalue weighted by Crippen LogP contribution is -2.58. The van der Waals surface area contributed by atoms with E-state index in [0.29, 0.717) is 10.6 Å². The zero-order valence-electron chi connectivity index (χ0n) is 12.2. The Hall–Kier alpha value is -0.690. The first-order valence-electron chi connectivity index (χ1n) is 7.35. The van der Waals surface area contributed by atoms with Crippen LogP contribution in [0.1, 0.15) is 49.4 Å². The van der Waals surface area contributed by atoms with Crippen LogP contribution in [0.2, 0.25) is 0 Å². The van der Waals surface area contributed by atoms with Gasteiger partial charge >= 0.3 is 0 Å². The molecule has 1 fully saturated rings. The molecule has 0 atom stereocenters. The van der Waals surface area contributed by atoms with Gasteiger partial charge in [-0.05, 0) is 66.3 Å². The van der Waals surface area contributed by atoms with Crippen molar-refractivity contribution >= 4 is 45.7 Å². The van der Waals surface area contributed by atoms with E-state index in [4.69, 9.17) is 18.0 Å². The molecule has 3 nitrogen and oxygen atoms in total. The Balaban J connectivity index is 2.16. The van der Waals surface area contributed by atoms with Gasteiger partial charge in [0.15, 0.2) is 0 Å². The fourth-order valence-corrected chi connectivity index (χ4v) is 3.83. The molecule has 1 amide bonds. The minimum absolute atomic E-state index is 0.0808. The van der Waals surface area contributed by atoms with E-state index in [1.54, 1.807) is 0 Å². The number of hydrogen-bond donors (Lipinski definition) is 2. The van der Waals surface area contributed by atoms with Crippen molar-refractivity contribution in [3.8, 4) is 0 Å². The SMILES string of the molecule is CCC1CCC(NC(=O)c2ccccc2I)(C(N)=S)CC1. The fourth-order valence-electron chi connectivity index (χ4n) is 2.94. The molecule has 1 aromatic rings. The number of thiocarbonyl (C=S) groups is 1. The van der Waals surface area contributed by atoms with Gasteiger partial charge in [-0.3, -0.25) is 4.79 Å². The summed E-state index contributed by atoms with van der Waals surface area (Å²) in [5, 5.41) is 3.12. The van der Waals surface area contributed by atoms with Gasteiger partial charge in [0.2, 0.25) is 0 Å². The second-order valence-corrected chi connectivity index (χ2v) is 7.33. The van der Waals surface area contributed by atoms with Crippen molar-refractivity contribution in [3.63, 3.8) is 0 Å². The molecular weight excluding hydrogens is 395 g/mol. The monoisotopic (exact) mass is 416 g/mol.